The Morgan fingerprint density at radius 2 is 1.76 bits per heavy atom. The third kappa shape index (κ3) is 4.33. The summed E-state index contributed by atoms with van der Waals surface area (Å²) in [7, 11) is 0. The van der Waals surface area contributed by atoms with Crippen molar-refractivity contribution in [2.75, 3.05) is 24.5 Å². The van der Waals surface area contributed by atoms with Crippen LogP contribution in [0.3, 0.4) is 0 Å². The first-order chi connectivity index (χ1) is 16.5. The number of anilines is 1. The highest BCUT2D eigenvalue weighted by atomic mass is 16.2. The van der Waals surface area contributed by atoms with Gasteiger partial charge in [0, 0.05) is 50.6 Å². The van der Waals surface area contributed by atoms with Crippen LogP contribution in [0.25, 0.3) is 11.0 Å². The maximum absolute atomic E-state index is 13.1. The van der Waals surface area contributed by atoms with Crippen LogP contribution in [0.1, 0.15) is 61.4 Å². The number of likely N-dealkylation sites (tertiary alicyclic amines) is 1. The van der Waals surface area contributed by atoms with Gasteiger partial charge < -0.3 is 14.4 Å². The molecular formula is C28H34N4O2. The molecule has 2 aliphatic rings. The molecule has 1 atom stereocenters. The van der Waals surface area contributed by atoms with Crippen LogP contribution in [-0.2, 0) is 16.1 Å². The van der Waals surface area contributed by atoms with E-state index in [4.69, 9.17) is 4.98 Å². The third-order valence-electron chi connectivity index (χ3n) is 7.55. The molecule has 1 aromatic heterocycles. The van der Waals surface area contributed by atoms with Crippen molar-refractivity contribution in [2.24, 2.45) is 0 Å². The fraction of sp³-hybridized carbons (Fsp3) is 0.464. The van der Waals surface area contributed by atoms with E-state index in [0.717, 1.165) is 54.0 Å². The summed E-state index contributed by atoms with van der Waals surface area (Å²) < 4.78 is 2.19. The van der Waals surface area contributed by atoms with Crippen molar-refractivity contribution in [1.82, 2.24) is 14.5 Å². The van der Waals surface area contributed by atoms with Gasteiger partial charge in [-0.05, 0) is 56.0 Å². The van der Waals surface area contributed by atoms with E-state index in [2.05, 4.69) is 30.5 Å². The molecule has 1 unspecified atom stereocenters. The molecule has 34 heavy (non-hydrogen) atoms. The second kappa shape index (κ2) is 9.61. The quantitative estimate of drug-likeness (QED) is 0.543. The number of rotatable bonds is 5. The molecule has 2 aliphatic heterocycles. The zero-order valence-electron chi connectivity index (χ0n) is 20.3. The fourth-order valence-corrected chi connectivity index (χ4v) is 5.47. The molecule has 0 aliphatic carbocycles. The zero-order chi connectivity index (χ0) is 23.7. The molecular weight excluding hydrogens is 424 g/mol. The van der Waals surface area contributed by atoms with Gasteiger partial charge in [-0.15, -0.1) is 0 Å². The number of carbonyl (C=O) groups excluding carboxylic acids is 2. The van der Waals surface area contributed by atoms with Gasteiger partial charge in [0.05, 0.1) is 11.0 Å². The minimum Gasteiger partial charge on any atom is -0.343 e. The number of benzene rings is 2. The van der Waals surface area contributed by atoms with Crippen molar-refractivity contribution in [3.05, 3.63) is 59.4 Å². The Balaban J connectivity index is 1.40. The molecule has 0 spiro atoms. The normalized spacial score (nSPS) is 19.1. The molecule has 2 saturated heterocycles. The Bertz CT molecular complexity index is 1210. The van der Waals surface area contributed by atoms with Gasteiger partial charge in [-0.1, -0.05) is 37.1 Å². The standard InChI is InChI=1S/C28H34N4O2/c1-20-10-9-13-24(21(20)2)32-19-22(18-27(32)34)28-29-23-11-5-6-12-25(23)31(28)17-14-26(33)30-15-7-3-4-8-16-30/h5-6,9-13,22H,3-4,7-8,14-19H2,1-2H3. The van der Waals surface area contributed by atoms with Crippen molar-refractivity contribution >= 4 is 28.5 Å². The molecule has 6 nitrogen and oxygen atoms in total. The fourth-order valence-electron chi connectivity index (χ4n) is 5.47. The van der Waals surface area contributed by atoms with E-state index in [-0.39, 0.29) is 17.7 Å². The molecule has 2 aromatic carbocycles. The molecule has 0 N–H and O–H groups in total. The lowest BCUT2D eigenvalue weighted by Crippen LogP contribution is -2.32. The predicted octanol–water partition coefficient (Wildman–Crippen LogP) is 4.97. The van der Waals surface area contributed by atoms with Gasteiger partial charge >= 0.3 is 0 Å². The van der Waals surface area contributed by atoms with E-state index in [1.165, 1.54) is 18.4 Å². The van der Waals surface area contributed by atoms with Crippen LogP contribution < -0.4 is 4.90 Å². The topological polar surface area (TPSA) is 58.4 Å². The summed E-state index contributed by atoms with van der Waals surface area (Å²) in [5.41, 5.74) is 5.30. The molecule has 3 aromatic rings. The van der Waals surface area contributed by atoms with Gasteiger partial charge in [0.15, 0.2) is 0 Å². The summed E-state index contributed by atoms with van der Waals surface area (Å²) in [5.74, 6) is 1.29. The van der Waals surface area contributed by atoms with Crippen LogP contribution in [0, 0.1) is 13.8 Å². The van der Waals surface area contributed by atoms with Gasteiger partial charge in [-0.3, -0.25) is 9.59 Å². The van der Waals surface area contributed by atoms with Gasteiger partial charge in [-0.2, -0.15) is 0 Å². The molecule has 6 heteroatoms. The number of nitrogens with zero attached hydrogens (tertiary/aromatic N) is 4. The smallest absolute Gasteiger partial charge is 0.227 e. The maximum atomic E-state index is 13.1. The lowest BCUT2D eigenvalue weighted by Gasteiger charge is -2.22. The predicted molar refractivity (Wildman–Crippen MR) is 135 cm³/mol. The Hall–Kier alpha value is -3.15. The number of aryl methyl sites for hydroxylation is 2. The molecule has 2 amide bonds. The third-order valence-corrected chi connectivity index (χ3v) is 7.55. The molecule has 0 radical (unpaired) electrons. The van der Waals surface area contributed by atoms with Crippen molar-refractivity contribution in [3.63, 3.8) is 0 Å². The lowest BCUT2D eigenvalue weighted by atomic mass is 10.1. The van der Waals surface area contributed by atoms with E-state index < -0.39 is 0 Å². The number of hydrogen-bond donors (Lipinski definition) is 0. The second-order valence-electron chi connectivity index (χ2n) is 9.78. The van der Waals surface area contributed by atoms with Crippen LogP contribution >= 0.6 is 0 Å². The van der Waals surface area contributed by atoms with E-state index in [0.29, 0.717) is 25.9 Å². The SMILES string of the molecule is Cc1cccc(N2CC(c3nc4ccccc4n3CCC(=O)N3CCCCCC3)CC2=O)c1C. The molecule has 2 fully saturated rings. The van der Waals surface area contributed by atoms with Crippen LogP contribution in [0.15, 0.2) is 42.5 Å². The summed E-state index contributed by atoms with van der Waals surface area (Å²) in [6.07, 6.45) is 5.54. The highest BCUT2D eigenvalue weighted by molar-refractivity contribution is 5.97. The zero-order valence-corrected chi connectivity index (χ0v) is 20.3. The minimum atomic E-state index is 0.00750. The van der Waals surface area contributed by atoms with E-state index in [1.54, 1.807) is 0 Å². The number of carbonyl (C=O) groups is 2. The van der Waals surface area contributed by atoms with E-state index >= 15 is 0 Å². The van der Waals surface area contributed by atoms with Crippen LogP contribution in [0.5, 0.6) is 0 Å². The van der Waals surface area contributed by atoms with Crippen LogP contribution in [-0.4, -0.2) is 45.9 Å². The van der Waals surface area contributed by atoms with Gasteiger partial charge in [0.1, 0.15) is 5.82 Å². The Morgan fingerprint density at radius 3 is 2.56 bits per heavy atom. The Labute approximate surface area is 201 Å². The molecule has 3 heterocycles. The maximum Gasteiger partial charge on any atom is 0.227 e. The minimum absolute atomic E-state index is 0.00750. The number of para-hydroxylation sites is 2. The van der Waals surface area contributed by atoms with Crippen molar-refractivity contribution in [3.8, 4) is 0 Å². The average molecular weight is 459 g/mol. The summed E-state index contributed by atoms with van der Waals surface area (Å²) in [4.78, 5) is 35.0. The summed E-state index contributed by atoms with van der Waals surface area (Å²) in [6.45, 7) is 7.12. The molecule has 5 rings (SSSR count). The first kappa shape index (κ1) is 22.6. The number of fused-ring (bicyclic) bond motifs is 1. The Kier molecular flexibility index (Phi) is 6.40. The molecule has 178 valence electrons. The first-order valence-corrected chi connectivity index (χ1v) is 12.6. The van der Waals surface area contributed by atoms with Gasteiger partial charge in [0.2, 0.25) is 11.8 Å². The molecule has 0 saturated carbocycles. The van der Waals surface area contributed by atoms with Crippen LogP contribution in [0.2, 0.25) is 0 Å². The van der Waals surface area contributed by atoms with E-state index in [9.17, 15) is 9.59 Å². The summed E-state index contributed by atoms with van der Waals surface area (Å²) in [6, 6.07) is 14.2. The monoisotopic (exact) mass is 458 g/mol. The number of amides is 2. The van der Waals surface area contributed by atoms with Gasteiger partial charge in [0.25, 0.3) is 0 Å². The Morgan fingerprint density at radius 1 is 1.00 bits per heavy atom. The summed E-state index contributed by atoms with van der Waals surface area (Å²) >= 11 is 0. The summed E-state index contributed by atoms with van der Waals surface area (Å²) in [5, 5.41) is 0. The lowest BCUT2D eigenvalue weighted by molar-refractivity contribution is -0.131. The van der Waals surface area contributed by atoms with Crippen LogP contribution in [0.4, 0.5) is 5.69 Å². The van der Waals surface area contributed by atoms with Crippen molar-refractivity contribution < 1.29 is 9.59 Å². The number of imidazole rings is 1. The molecule has 0 bridgehead atoms. The van der Waals surface area contributed by atoms with Gasteiger partial charge in [-0.25, -0.2) is 4.98 Å². The highest BCUT2D eigenvalue weighted by Crippen LogP contribution is 2.35. The van der Waals surface area contributed by atoms with Crippen molar-refractivity contribution in [1.29, 1.82) is 0 Å². The largest absolute Gasteiger partial charge is 0.343 e. The number of aromatic nitrogens is 2. The van der Waals surface area contributed by atoms with E-state index in [1.807, 2.05) is 40.1 Å². The average Bonchev–Trinajstić information content (AvgIpc) is 3.27. The highest BCUT2D eigenvalue weighted by Gasteiger charge is 2.35. The van der Waals surface area contributed by atoms with Crippen molar-refractivity contribution in [2.45, 2.75) is 64.8 Å². The first-order valence-electron chi connectivity index (χ1n) is 12.6. The number of hydrogen-bond acceptors (Lipinski definition) is 3. The second-order valence-corrected chi connectivity index (χ2v) is 9.78.